The second-order valence-corrected chi connectivity index (χ2v) is 5.87. The predicted octanol–water partition coefficient (Wildman–Crippen LogP) is 1.89. The number of pyridine rings is 1. The number of nitrogens with two attached hydrogens (primary N) is 1. The van der Waals surface area contributed by atoms with Crippen LogP contribution >= 0.6 is 0 Å². The van der Waals surface area contributed by atoms with Crippen LogP contribution in [0.1, 0.15) is 17.3 Å². The van der Waals surface area contributed by atoms with Crippen molar-refractivity contribution in [1.29, 1.82) is 0 Å². The summed E-state index contributed by atoms with van der Waals surface area (Å²) in [5, 5.41) is 0. The first-order valence-electron chi connectivity index (χ1n) is 8.11. The van der Waals surface area contributed by atoms with Gasteiger partial charge in [-0.25, -0.2) is 4.39 Å². The molecule has 1 saturated heterocycles. The monoisotopic (exact) mass is 314 g/mol. The smallest absolute Gasteiger partial charge is 0.123 e. The zero-order chi connectivity index (χ0) is 16.1. The molecule has 0 radical (unpaired) electrons. The molecule has 1 aromatic heterocycles. The summed E-state index contributed by atoms with van der Waals surface area (Å²) in [6, 6.07) is 12.8. The quantitative estimate of drug-likeness (QED) is 0.915. The van der Waals surface area contributed by atoms with Crippen LogP contribution in [0.4, 0.5) is 4.39 Å². The van der Waals surface area contributed by atoms with E-state index >= 15 is 0 Å². The van der Waals surface area contributed by atoms with Crippen LogP contribution < -0.4 is 5.73 Å². The molecule has 3 rings (SSSR count). The second kappa shape index (κ2) is 7.64. The molecule has 2 N–H and O–H groups in total. The molecule has 1 fully saturated rings. The van der Waals surface area contributed by atoms with E-state index in [9.17, 15) is 4.39 Å². The van der Waals surface area contributed by atoms with Gasteiger partial charge in [0.15, 0.2) is 0 Å². The first kappa shape index (κ1) is 16.1. The van der Waals surface area contributed by atoms with Crippen LogP contribution in [0.2, 0.25) is 0 Å². The molecule has 122 valence electrons. The highest BCUT2D eigenvalue weighted by atomic mass is 19.1. The molecular formula is C18H23FN4. The van der Waals surface area contributed by atoms with Gasteiger partial charge in [-0.2, -0.15) is 0 Å². The minimum absolute atomic E-state index is 0.0665. The maximum absolute atomic E-state index is 13.3. The average molecular weight is 314 g/mol. The molecule has 1 aliphatic rings. The highest BCUT2D eigenvalue weighted by molar-refractivity contribution is 5.28. The van der Waals surface area contributed by atoms with Crippen molar-refractivity contribution < 1.29 is 4.39 Å². The topological polar surface area (TPSA) is 45.4 Å². The Bertz CT molecular complexity index is 594. The van der Waals surface area contributed by atoms with E-state index in [1.165, 1.54) is 12.1 Å². The fourth-order valence-corrected chi connectivity index (χ4v) is 3.18. The highest BCUT2D eigenvalue weighted by Gasteiger charge is 2.26. The summed E-state index contributed by atoms with van der Waals surface area (Å²) in [7, 11) is 0. The van der Waals surface area contributed by atoms with E-state index in [1.54, 1.807) is 0 Å². The fraction of sp³-hybridized carbons (Fsp3) is 0.389. The number of aromatic nitrogens is 1. The third-order valence-corrected chi connectivity index (χ3v) is 4.37. The lowest BCUT2D eigenvalue weighted by Gasteiger charge is -2.39. The molecule has 1 aliphatic heterocycles. The predicted molar refractivity (Wildman–Crippen MR) is 89.5 cm³/mol. The molecule has 0 saturated carbocycles. The molecule has 1 atom stereocenters. The van der Waals surface area contributed by atoms with E-state index in [1.807, 2.05) is 36.5 Å². The van der Waals surface area contributed by atoms with Crippen LogP contribution in [-0.2, 0) is 0 Å². The first-order chi connectivity index (χ1) is 11.3. The Morgan fingerprint density at radius 2 is 1.78 bits per heavy atom. The molecule has 0 amide bonds. The van der Waals surface area contributed by atoms with Crippen LogP contribution in [0.5, 0.6) is 0 Å². The van der Waals surface area contributed by atoms with Gasteiger partial charge in [0.25, 0.3) is 0 Å². The first-order valence-corrected chi connectivity index (χ1v) is 8.11. The van der Waals surface area contributed by atoms with Crippen molar-refractivity contribution >= 4 is 0 Å². The van der Waals surface area contributed by atoms with Crippen LogP contribution in [-0.4, -0.2) is 54.1 Å². The molecule has 0 aliphatic carbocycles. The maximum Gasteiger partial charge on any atom is 0.123 e. The molecule has 0 spiro atoms. The number of hydrogen-bond acceptors (Lipinski definition) is 4. The van der Waals surface area contributed by atoms with Gasteiger partial charge in [0, 0.05) is 45.5 Å². The molecule has 0 unspecified atom stereocenters. The highest BCUT2D eigenvalue weighted by Crippen LogP contribution is 2.28. The number of halogens is 1. The minimum atomic E-state index is -0.207. The average Bonchev–Trinajstić information content (AvgIpc) is 2.60. The Kier molecular flexibility index (Phi) is 5.33. The van der Waals surface area contributed by atoms with Gasteiger partial charge in [-0.15, -0.1) is 0 Å². The summed E-state index contributed by atoms with van der Waals surface area (Å²) in [5.74, 6) is -0.207. The van der Waals surface area contributed by atoms with Crippen molar-refractivity contribution in [2.24, 2.45) is 5.73 Å². The number of rotatable bonds is 5. The van der Waals surface area contributed by atoms with Crippen molar-refractivity contribution in [1.82, 2.24) is 14.8 Å². The van der Waals surface area contributed by atoms with Crippen molar-refractivity contribution in [2.45, 2.75) is 6.04 Å². The molecule has 1 aromatic carbocycles. The van der Waals surface area contributed by atoms with E-state index in [2.05, 4.69) is 14.8 Å². The Labute approximate surface area is 136 Å². The van der Waals surface area contributed by atoms with E-state index in [4.69, 9.17) is 5.73 Å². The van der Waals surface area contributed by atoms with E-state index in [0.717, 1.165) is 44.0 Å². The minimum Gasteiger partial charge on any atom is -0.329 e. The van der Waals surface area contributed by atoms with Gasteiger partial charge in [0.1, 0.15) is 5.82 Å². The number of benzene rings is 1. The van der Waals surface area contributed by atoms with Gasteiger partial charge >= 0.3 is 0 Å². The van der Waals surface area contributed by atoms with Crippen LogP contribution in [0.3, 0.4) is 0 Å². The zero-order valence-electron chi connectivity index (χ0n) is 13.2. The zero-order valence-corrected chi connectivity index (χ0v) is 13.2. The molecule has 2 aromatic rings. The lowest BCUT2D eigenvalue weighted by Crippen LogP contribution is -2.49. The Morgan fingerprint density at radius 3 is 2.39 bits per heavy atom. The van der Waals surface area contributed by atoms with Crippen LogP contribution in [0.15, 0.2) is 48.7 Å². The molecule has 23 heavy (non-hydrogen) atoms. The van der Waals surface area contributed by atoms with Crippen LogP contribution in [0, 0.1) is 5.82 Å². The van der Waals surface area contributed by atoms with Crippen molar-refractivity contribution in [2.75, 3.05) is 39.3 Å². The molecular weight excluding hydrogens is 291 g/mol. The SMILES string of the molecule is NCCN1CCN([C@H](c2ccc(F)cc2)c2ccccn2)CC1. The number of nitrogens with zero attached hydrogens (tertiary/aromatic N) is 3. The summed E-state index contributed by atoms with van der Waals surface area (Å²) in [4.78, 5) is 9.34. The third-order valence-electron chi connectivity index (χ3n) is 4.37. The molecule has 0 bridgehead atoms. The van der Waals surface area contributed by atoms with Gasteiger partial charge < -0.3 is 5.73 Å². The fourth-order valence-electron chi connectivity index (χ4n) is 3.18. The molecule has 4 nitrogen and oxygen atoms in total. The standard InChI is InChI=1S/C18H23FN4/c19-16-6-4-15(5-7-16)18(17-3-1-2-9-21-17)23-13-11-22(10-8-20)12-14-23/h1-7,9,18H,8,10-14,20H2/t18-/m1/s1. The maximum atomic E-state index is 13.3. The lowest BCUT2D eigenvalue weighted by molar-refractivity contribution is 0.110. The van der Waals surface area contributed by atoms with Gasteiger partial charge in [0.05, 0.1) is 11.7 Å². The van der Waals surface area contributed by atoms with Gasteiger partial charge in [0.2, 0.25) is 0 Å². The Morgan fingerprint density at radius 1 is 1.04 bits per heavy atom. The van der Waals surface area contributed by atoms with Gasteiger partial charge in [-0.1, -0.05) is 18.2 Å². The normalized spacial score (nSPS) is 18.0. The number of piperazine rings is 1. The summed E-state index contributed by atoms with van der Waals surface area (Å²) < 4.78 is 13.3. The summed E-state index contributed by atoms with van der Waals surface area (Å²) in [6.07, 6.45) is 1.82. The van der Waals surface area contributed by atoms with E-state index in [0.29, 0.717) is 6.54 Å². The lowest BCUT2D eigenvalue weighted by atomic mass is 10.0. The van der Waals surface area contributed by atoms with E-state index < -0.39 is 0 Å². The summed E-state index contributed by atoms with van der Waals surface area (Å²) in [6.45, 7) is 5.56. The molecule has 2 heterocycles. The van der Waals surface area contributed by atoms with Gasteiger partial charge in [-0.05, 0) is 29.8 Å². The Balaban J connectivity index is 1.83. The Hall–Kier alpha value is -1.82. The van der Waals surface area contributed by atoms with Gasteiger partial charge in [-0.3, -0.25) is 14.8 Å². The largest absolute Gasteiger partial charge is 0.329 e. The summed E-state index contributed by atoms with van der Waals surface area (Å²) >= 11 is 0. The second-order valence-electron chi connectivity index (χ2n) is 5.87. The third kappa shape index (κ3) is 3.93. The van der Waals surface area contributed by atoms with E-state index in [-0.39, 0.29) is 11.9 Å². The van der Waals surface area contributed by atoms with Crippen molar-refractivity contribution in [3.63, 3.8) is 0 Å². The van der Waals surface area contributed by atoms with Crippen molar-refractivity contribution in [3.05, 3.63) is 65.7 Å². The van der Waals surface area contributed by atoms with Crippen molar-refractivity contribution in [3.8, 4) is 0 Å². The molecule has 5 heteroatoms. The van der Waals surface area contributed by atoms with Crippen LogP contribution in [0.25, 0.3) is 0 Å². The summed E-state index contributed by atoms with van der Waals surface area (Å²) in [5.41, 5.74) is 7.74. The number of hydrogen-bond donors (Lipinski definition) is 1.